The first-order chi connectivity index (χ1) is 8.06. The molecule has 4 aliphatic rings. The molecule has 0 atom stereocenters. The first-order valence-corrected chi connectivity index (χ1v) is 7.03. The van der Waals surface area contributed by atoms with Gasteiger partial charge in [-0.25, -0.2) is 5.01 Å². The molecule has 1 amide bonds. The van der Waals surface area contributed by atoms with Crippen LogP contribution < -0.4 is 0 Å². The third kappa shape index (κ3) is 1.79. The van der Waals surface area contributed by atoms with Gasteiger partial charge in [0.25, 0.3) is 0 Å². The SMILES string of the molecule is CC(=O)N(C)N(C)C1C2CC3CC(C2)CC1C3. The van der Waals surface area contributed by atoms with E-state index in [0.29, 0.717) is 6.04 Å². The fourth-order valence-corrected chi connectivity index (χ4v) is 4.93. The van der Waals surface area contributed by atoms with Gasteiger partial charge in [0.1, 0.15) is 0 Å². The van der Waals surface area contributed by atoms with E-state index in [0.717, 1.165) is 23.7 Å². The van der Waals surface area contributed by atoms with Crippen LogP contribution in [0.1, 0.15) is 39.0 Å². The van der Waals surface area contributed by atoms with E-state index in [4.69, 9.17) is 0 Å². The summed E-state index contributed by atoms with van der Waals surface area (Å²) in [5.74, 6) is 3.85. The van der Waals surface area contributed by atoms with Gasteiger partial charge in [0.15, 0.2) is 0 Å². The molecule has 4 aliphatic carbocycles. The first kappa shape index (κ1) is 11.5. The summed E-state index contributed by atoms with van der Waals surface area (Å²) < 4.78 is 0. The van der Waals surface area contributed by atoms with Gasteiger partial charge in [0.05, 0.1) is 0 Å². The van der Waals surface area contributed by atoms with Crippen LogP contribution in [0.2, 0.25) is 0 Å². The molecule has 4 bridgehead atoms. The molecule has 4 saturated carbocycles. The monoisotopic (exact) mass is 236 g/mol. The third-order valence-corrected chi connectivity index (χ3v) is 5.54. The van der Waals surface area contributed by atoms with Crippen LogP contribution in [-0.2, 0) is 4.79 Å². The third-order valence-electron chi connectivity index (χ3n) is 5.54. The highest BCUT2D eigenvalue weighted by atomic mass is 16.2. The minimum absolute atomic E-state index is 0.154. The smallest absolute Gasteiger partial charge is 0.233 e. The van der Waals surface area contributed by atoms with Crippen molar-refractivity contribution in [2.75, 3.05) is 14.1 Å². The normalized spacial score (nSPS) is 43.2. The van der Waals surface area contributed by atoms with Crippen molar-refractivity contribution in [3.05, 3.63) is 0 Å². The summed E-state index contributed by atoms with van der Waals surface area (Å²) in [5, 5.41) is 4.04. The lowest BCUT2D eigenvalue weighted by atomic mass is 9.54. The van der Waals surface area contributed by atoms with E-state index in [1.54, 1.807) is 6.92 Å². The van der Waals surface area contributed by atoms with E-state index in [9.17, 15) is 4.79 Å². The van der Waals surface area contributed by atoms with Crippen molar-refractivity contribution in [2.45, 2.75) is 45.1 Å². The Hall–Kier alpha value is -0.570. The van der Waals surface area contributed by atoms with E-state index in [1.165, 1.54) is 32.1 Å². The fraction of sp³-hybridized carbons (Fsp3) is 0.929. The number of hydrogen-bond acceptors (Lipinski definition) is 2. The zero-order valence-corrected chi connectivity index (χ0v) is 11.2. The van der Waals surface area contributed by atoms with E-state index >= 15 is 0 Å². The van der Waals surface area contributed by atoms with Crippen molar-refractivity contribution in [2.24, 2.45) is 23.7 Å². The lowest BCUT2D eigenvalue weighted by Crippen LogP contribution is -2.59. The molecule has 0 unspecified atom stereocenters. The molecule has 0 spiro atoms. The van der Waals surface area contributed by atoms with Gasteiger partial charge in [-0.2, -0.15) is 0 Å². The van der Waals surface area contributed by atoms with Crippen molar-refractivity contribution in [1.29, 1.82) is 0 Å². The molecule has 0 heterocycles. The minimum Gasteiger partial charge on any atom is -0.279 e. The van der Waals surface area contributed by atoms with Crippen LogP contribution in [0.4, 0.5) is 0 Å². The second-order valence-electron chi connectivity index (χ2n) is 6.54. The summed E-state index contributed by atoms with van der Waals surface area (Å²) in [6, 6.07) is 0.622. The Kier molecular flexibility index (Phi) is 2.69. The van der Waals surface area contributed by atoms with Crippen molar-refractivity contribution >= 4 is 5.91 Å². The van der Waals surface area contributed by atoms with Gasteiger partial charge in [-0.3, -0.25) is 9.80 Å². The predicted molar refractivity (Wildman–Crippen MR) is 67.0 cm³/mol. The maximum Gasteiger partial charge on any atom is 0.233 e. The molecule has 0 N–H and O–H groups in total. The van der Waals surface area contributed by atoms with E-state index in [-0.39, 0.29) is 5.91 Å². The summed E-state index contributed by atoms with van der Waals surface area (Å²) in [6.07, 6.45) is 7.13. The Morgan fingerprint density at radius 2 is 1.41 bits per heavy atom. The van der Waals surface area contributed by atoms with Gasteiger partial charge in [-0.1, -0.05) is 0 Å². The number of hydrazine groups is 1. The average molecular weight is 236 g/mol. The second-order valence-corrected chi connectivity index (χ2v) is 6.54. The standard InChI is InChI=1S/C14H24N2O/c1-9(17)15(2)16(3)14-12-5-10-4-11(7-12)8-13(14)6-10/h10-14H,4-8H2,1-3H3. The maximum atomic E-state index is 11.5. The summed E-state index contributed by atoms with van der Waals surface area (Å²) in [6.45, 7) is 1.66. The lowest BCUT2D eigenvalue weighted by molar-refractivity contribution is -0.161. The van der Waals surface area contributed by atoms with Crippen molar-refractivity contribution < 1.29 is 4.79 Å². The molecule has 17 heavy (non-hydrogen) atoms. The zero-order valence-electron chi connectivity index (χ0n) is 11.2. The number of nitrogens with zero attached hydrogens (tertiary/aromatic N) is 2. The fourth-order valence-electron chi connectivity index (χ4n) is 4.93. The summed E-state index contributed by atoms with van der Waals surface area (Å²) in [7, 11) is 4.02. The second kappa shape index (κ2) is 3.98. The quantitative estimate of drug-likeness (QED) is 0.686. The molecule has 0 aromatic carbocycles. The van der Waals surface area contributed by atoms with Crippen LogP contribution in [0.5, 0.6) is 0 Å². The molecule has 0 aromatic rings. The highest BCUT2D eigenvalue weighted by Crippen LogP contribution is 2.55. The number of carbonyl (C=O) groups is 1. The molecule has 96 valence electrons. The molecule has 3 heteroatoms. The molecule has 3 nitrogen and oxygen atoms in total. The van der Waals surface area contributed by atoms with E-state index < -0.39 is 0 Å². The zero-order chi connectivity index (χ0) is 12.2. The molecule has 4 fully saturated rings. The summed E-state index contributed by atoms with van der Waals surface area (Å²) in [4.78, 5) is 11.5. The van der Waals surface area contributed by atoms with Crippen LogP contribution in [0, 0.1) is 23.7 Å². The molecule has 0 aromatic heterocycles. The average Bonchev–Trinajstić information content (AvgIpc) is 2.26. The number of carbonyl (C=O) groups excluding carboxylic acids is 1. The van der Waals surface area contributed by atoms with Gasteiger partial charge in [-0.05, 0) is 55.8 Å². The molecule has 0 aliphatic heterocycles. The Balaban J connectivity index is 1.77. The van der Waals surface area contributed by atoms with Gasteiger partial charge >= 0.3 is 0 Å². The minimum atomic E-state index is 0.154. The predicted octanol–water partition coefficient (Wildman–Crippen LogP) is 2.14. The largest absolute Gasteiger partial charge is 0.279 e. The van der Waals surface area contributed by atoms with Crippen molar-refractivity contribution in [3.8, 4) is 0 Å². The Morgan fingerprint density at radius 3 is 1.82 bits per heavy atom. The topological polar surface area (TPSA) is 23.6 Å². The van der Waals surface area contributed by atoms with Gasteiger partial charge in [-0.15, -0.1) is 0 Å². The van der Waals surface area contributed by atoms with Crippen LogP contribution in [0.25, 0.3) is 0 Å². The van der Waals surface area contributed by atoms with E-state index in [1.807, 2.05) is 12.1 Å². The molecule has 0 radical (unpaired) electrons. The van der Waals surface area contributed by atoms with Crippen LogP contribution in [0.15, 0.2) is 0 Å². The number of amides is 1. The van der Waals surface area contributed by atoms with Crippen LogP contribution >= 0.6 is 0 Å². The number of rotatable bonds is 2. The number of hydrogen-bond donors (Lipinski definition) is 0. The maximum absolute atomic E-state index is 11.5. The van der Waals surface area contributed by atoms with E-state index in [2.05, 4.69) is 12.1 Å². The Morgan fingerprint density at radius 1 is 0.941 bits per heavy atom. The molecule has 0 saturated heterocycles. The van der Waals surface area contributed by atoms with Crippen LogP contribution in [-0.4, -0.2) is 36.1 Å². The van der Waals surface area contributed by atoms with Crippen molar-refractivity contribution in [3.63, 3.8) is 0 Å². The Labute approximate surface area is 104 Å². The van der Waals surface area contributed by atoms with Gasteiger partial charge in [0.2, 0.25) is 5.91 Å². The lowest BCUT2D eigenvalue weighted by Gasteiger charge is -2.57. The molecular weight excluding hydrogens is 212 g/mol. The molecular formula is C14H24N2O. The Bertz CT molecular complexity index is 300. The van der Waals surface area contributed by atoms with Crippen LogP contribution in [0.3, 0.4) is 0 Å². The van der Waals surface area contributed by atoms with Gasteiger partial charge in [0, 0.05) is 27.1 Å². The molecule has 4 rings (SSSR count). The highest BCUT2D eigenvalue weighted by Gasteiger charge is 2.50. The van der Waals surface area contributed by atoms with Gasteiger partial charge < -0.3 is 0 Å². The van der Waals surface area contributed by atoms with Crippen molar-refractivity contribution in [1.82, 2.24) is 10.0 Å². The summed E-state index contributed by atoms with van der Waals surface area (Å²) >= 11 is 0. The highest BCUT2D eigenvalue weighted by molar-refractivity contribution is 5.72. The summed E-state index contributed by atoms with van der Waals surface area (Å²) in [5.41, 5.74) is 0. The first-order valence-electron chi connectivity index (χ1n) is 7.03.